The molecule has 1 unspecified atom stereocenters. The summed E-state index contributed by atoms with van der Waals surface area (Å²) in [7, 11) is 0. The first-order valence-corrected chi connectivity index (χ1v) is 11.6. The maximum absolute atomic E-state index is 12.9. The van der Waals surface area contributed by atoms with Crippen molar-refractivity contribution >= 4 is 22.6 Å². The van der Waals surface area contributed by atoms with Crippen LogP contribution in [0, 0.1) is 11.8 Å². The molecule has 1 aliphatic rings. The molecule has 5 nitrogen and oxygen atoms in total. The molecule has 1 aliphatic carbocycles. The SMILES string of the molecule is C=CCOC(=O)[C@@]1(NC(=O)[C@@H](C)C[C@H](CC)OCc2cccc3ccccc23)CC1CC. The zero-order valence-electron chi connectivity index (χ0n) is 19.4. The van der Waals surface area contributed by atoms with Gasteiger partial charge in [-0.25, -0.2) is 4.79 Å². The smallest absolute Gasteiger partial charge is 0.332 e. The number of carbonyl (C=O) groups is 2. The number of carbonyl (C=O) groups excluding carboxylic acids is 2. The minimum atomic E-state index is -0.880. The summed E-state index contributed by atoms with van der Waals surface area (Å²) in [5.74, 6) is -0.622. The first-order chi connectivity index (χ1) is 15.4. The topological polar surface area (TPSA) is 64.6 Å². The molecule has 1 saturated carbocycles. The molecule has 1 fully saturated rings. The van der Waals surface area contributed by atoms with E-state index in [1.165, 1.54) is 10.8 Å². The van der Waals surface area contributed by atoms with Crippen LogP contribution in [0.2, 0.25) is 0 Å². The Morgan fingerprint density at radius 2 is 1.97 bits per heavy atom. The van der Waals surface area contributed by atoms with Crippen LogP contribution in [0.4, 0.5) is 0 Å². The van der Waals surface area contributed by atoms with Crippen LogP contribution < -0.4 is 5.32 Å². The van der Waals surface area contributed by atoms with Gasteiger partial charge in [0.2, 0.25) is 5.91 Å². The highest BCUT2D eigenvalue weighted by Crippen LogP contribution is 2.47. The van der Waals surface area contributed by atoms with Crippen molar-refractivity contribution in [2.75, 3.05) is 6.61 Å². The fourth-order valence-electron chi connectivity index (χ4n) is 4.36. The van der Waals surface area contributed by atoms with Crippen molar-refractivity contribution in [2.45, 2.75) is 64.7 Å². The summed E-state index contributed by atoms with van der Waals surface area (Å²) in [6.45, 7) is 10.2. The van der Waals surface area contributed by atoms with E-state index >= 15 is 0 Å². The molecule has 1 amide bonds. The van der Waals surface area contributed by atoms with Gasteiger partial charge in [-0.05, 0) is 41.5 Å². The predicted octanol–water partition coefficient (Wildman–Crippen LogP) is 5.18. The molecule has 1 N–H and O–H groups in total. The summed E-state index contributed by atoms with van der Waals surface area (Å²) in [4.78, 5) is 25.5. The lowest BCUT2D eigenvalue weighted by Crippen LogP contribution is -2.48. The number of hydrogen-bond donors (Lipinski definition) is 1. The van der Waals surface area contributed by atoms with Crippen molar-refractivity contribution in [3.05, 3.63) is 60.7 Å². The van der Waals surface area contributed by atoms with Crippen LogP contribution in [0.3, 0.4) is 0 Å². The highest BCUT2D eigenvalue weighted by atomic mass is 16.5. The fraction of sp³-hybridized carbons (Fsp3) is 0.481. The largest absolute Gasteiger partial charge is 0.460 e. The molecule has 0 saturated heterocycles. The molecule has 0 aromatic heterocycles. The quantitative estimate of drug-likeness (QED) is 0.367. The van der Waals surface area contributed by atoms with Crippen molar-refractivity contribution in [3.8, 4) is 0 Å². The van der Waals surface area contributed by atoms with Crippen molar-refractivity contribution in [3.63, 3.8) is 0 Å². The van der Waals surface area contributed by atoms with E-state index in [0.717, 1.165) is 18.4 Å². The highest BCUT2D eigenvalue weighted by Gasteiger charge is 2.61. The van der Waals surface area contributed by atoms with Crippen molar-refractivity contribution in [1.29, 1.82) is 0 Å². The number of esters is 1. The van der Waals surface area contributed by atoms with E-state index in [9.17, 15) is 9.59 Å². The number of amides is 1. The number of ether oxygens (including phenoxy) is 2. The van der Waals surface area contributed by atoms with Crippen LogP contribution in [0.15, 0.2) is 55.1 Å². The molecule has 5 heteroatoms. The molecule has 172 valence electrons. The van der Waals surface area contributed by atoms with Crippen LogP contribution in [-0.4, -0.2) is 30.1 Å². The molecule has 0 spiro atoms. The van der Waals surface area contributed by atoms with Crippen LogP contribution in [0.5, 0.6) is 0 Å². The first-order valence-electron chi connectivity index (χ1n) is 11.6. The third-order valence-corrected chi connectivity index (χ3v) is 6.51. The Hall–Kier alpha value is -2.66. The van der Waals surface area contributed by atoms with Gasteiger partial charge in [0, 0.05) is 5.92 Å². The molecule has 32 heavy (non-hydrogen) atoms. The van der Waals surface area contributed by atoms with E-state index in [1.807, 2.05) is 32.0 Å². The number of benzene rings is 2. The molecule has 0 bridgehead atoms. The van der Waals surface area contributed by atoms with E-state index in [4.69, 9.17) is 9.47 Å². The summed E-state index contributed by atoms with van der Waals surface area (Å²) >= 11 is 0. The van der Waals surface area contributed by atoms with Crippen molar-refractivity contribution < 1.29 is 19.1 Å². The normalized spacial score (nSPS) is 21.5. The van der Waals surface area contributed by atoms with Crippen LogP contribution >= 0.6 is 0 Å². The van der Waals surface area contributed by atoms with Gasteiger partial charge in [0.1, 0.15) is 12.1 Å². The number of nitrogens with one attached hydrogen (secondary N) is 1. The minimum absolute atomic E-state index is 0.0421. The molecule has 2 aromatic rings. The van der Waals surface area contributed by atoms with Gasteiger partial charge in [-0.1, -0.05) is 82.3 Å². The van der Waals surface area contributed by atoms with Crippen molar-refractivity contribution in [2.24, 2.45) is 11.8 Å². The van der Waals surface area contributed by atoms with Gasteiger partial charge in [0.15, 0.2) is 0 Å². The Balaban J connectivity index is 1.58. The van der Waals surface area contributed by atoms with Gasteiger partial charge in [-0.3, -0.25) is 4.79 Å². The average molecular weight is 438 g/mol. The third-order valence-electron chi connectivity index (χ3n) is 6.51. The van der Waals surface area contributed by atoms with E-state index in [-0.39, 0.29) is 36.4 Å². The lowest BCUT2D eigenvalue weighted by molar-refractivity contribution is -0.149. The first kappa shape index (κ1) is 24.0. The number of rotatable bonds is 12. The predicted molar refractivity (Wildman–Crippen MR) is 127 cm³/mol. The summed E-state index contributed by atoms with van der Waals surface area (Å²) in [5, 5.41) is 5.38. The molecular formula is C27H35NO4. The van der Waals surface area contributed by atoms with E-state index in [2.05, 4.69) is 43.1 Å². The summed E-state index contributed by atoms with van der Waals surface area (Å²) in [6.07, 6.45) is 4.36. The maximum atomic E-state index is 12.9. The van der Waals surface area contributed by atoms with E-state index in [0.29, 0.717) is 19.4 Å². The van der Waals surface area contributed by atoms with Crippen molar-refractivity contribution in [1.82, 2.24) is 5.32 Å². The van der Waals surface area contributed by atoms with Gasteiger partial charge < -0.3 is 14.8 Å². The minimum Gasteiger partial charge on any atom is -0.460 e. The monoisotopic (exact) mass is 437 g/mol. The Morgan fingerprint density at radius 1 is 1.22 bits per heavy atom. The second kappa shape index (κ2) is 10.8. The molecule has 3 rings (SSSR count). The Bertz CT molecular complexity index is 950. The second-order valence-electron chi connectivity index (χ2n) is 8.77. The summed E-state index contributed by atoms with van der Waals surface area (Å²) in [5.41, 5.74) is 0.264. The molecule has 0 aliphatic heterocycles. The third kappa shape index (κ3) is 5.39. The average Bonchev–Trinajstić information content (AvgIpc) is 3.53. The highest BCUT2D eigenvalue weighted by molar-refractivity contribution is 5.92. The van der Waals surface area contributed by atoms with Gasteiger partial charge in [0.05, 0.1) is 12.7 Å². The lowest BCUT2D eigenvalue weighted by Gasteiger charge is -2.23. The summed E-state index contributed by atoms with van der Waals surface area (Å²) in [6, 6.07) is 14.5. The van der Waals surface area contributed by atoms with E-state index in [1.54, 1.807) is 6.08 Å². The molecule has 2 aromatic carbocycles. The van der Waals surface area contributed by atoms with Gasteiger partial charge in [-0.15, -0.1) is 0 Å². The van der Waals surface area contributed by atoms with Crippen LogP contribution in [0.25, 0.3) is 10.8 Å². The number of hydrogen-bond acceptors (Lipinski definition) is 4. The zero-order valence-corrected chi connectivity index (χ0v) is 19.4. The second-order valence-corrected chi connectivity index (χ2v) is 8.77. The zero-order chi connectivity index (χ0) is 23.1. The standard InChI is InChI=1S/C27H35NO4/c1-5-15-31-26(30)27(17-22(27)6-2)28-25(29)19(4)16-23(7-3)32-18-21-13-10-12-20-11-8-9-14-24(20)21/h5,8-14,19,22-23H,1,6-7,15-18H2,2-4H3,(H,28,29)/t19-,22?,23-,27+/m0/s1. The number of fused-ring (bicyclic) bond motifs is 1. The fourth-order valence-corrected chi connectivity index (χ4v) is 4.36. The Morgan fingerprint density at radius 3 is 2.66 bits per heavy atom. The molecule has 0 radical (unpaired) electrons. The maximum Gasteiger partial charge on any atom is 0.332 e. The van der Waals surface area contributed by atoms with Gasteiger partial charge >= 0.3 is 5.97 Å². The van der Waals surface area contributed by atoms with Crippen LogP contribution in [0.1, 0.15) is 52.0 Å². The summed E-state index contributed by atoms with van der Waals surface area (Å²) < 4.78 is 11.5. The Kier molecular flexibility index (Phi) is 8.08. The Labute approximate surface area is 191 Å². The van der Waals surface area contributed by atoms with Gasteiger partial charge in [0.25, 0.3) is 0 Å². The van der Waals surface area contributed by atoms with Gasteiger partial charge in [-0.2, -0.15) is 0 Å². The van der Waals surface area contributed by atoms with Crippen LogP contribution in [-0.2, 0) is 25.7 Å². The molecule has 4 atom stereocenters. The lowest BCUT2D eigenvalue weighted by atomic mass is 9.99. The molecular weight excluding hydrogens is 402 g/mol. The molecule has 0 heterocycles. The van der Waals surface area contributed by atoms with E-state index < -0.39 is 5.54 Å².